The summed E-state index contributed by atoms with van der Waals surface area (Å²) in [7, 11) is 0. The second-order valence-corrected chi connectivity index (χ2v) is 8.45. The van der Waals surface area contributed by atoms with Gasteiger partial charge in [-0.1, -0.05) is 94.5 Å². The van der Waals surface area contributed by atoms with Crippen molar-refractivity contribution < 1.29 is 14.6 Å². The molecule has 2 N–H and O–H groups in total. The molecule has 0 spiro atoms. The predicted octanol–water partition coefficient (Wildman–Crippen LogP) is 7.53. The smallest absolute Gasteiger partial charge is 0.262 e. The number of ether oxygens (including phenoxy) is 1. The van der Waals surface area contributed by atoms with Crippen molar-refractivity contribution in [1.29, 1.82) is 0 Å². The fourth-order valence-corrected chi connectivity index (χ4v) is 3.75. The maximum Gasteiger partial charge on any atom is 0.262 e. The number of carbonyl (C=O) groups excluding carboxylic acids is 1. The highest BCUT2D eigenvalue weighted by Gasteiger charge is 2.08. The first kappa shape index (κ1) is 25.1. The molecule has 2 aromatic carbocycles. The SMILES string of the molecule is CCCCCCCCCCCCc1ccccc1NC(=O)COc1ccc(O)c(Cl)c1. The van der Waals surface area contributed by atoms with Crippen molar-refractivity contribution in [2.45, 2.75) is 77.6 Å². The predicted molar refractivity (Wildman–Crippen MR) is 129 cm³/mol. The molecule has 0 aromatic heterocycles. The molecule has 0 unspecified atom stereocenters. The van der Waals surface area contributed by atoms with E-state index in [0.717, 1.165) is 24.1 Å². The highest BCUT2D eigenvalue weighted by Crippen LogP contribution is 2.27. The summed E-state index contributed by atoms with van der Waals surface area (Å²) in [5.41, 5.74) is 2.00. The van der Waals surface area contributed by atoms with Crippen molar-refractivity contribution in [3.8, 4) is 11.5 Å². The molecule has 2 aromatic rings. The van der Waals surface area contributed by atoms with Gasteiger partial charge in [0.05, 0.1) is 5.02 Å². The van der Waals surface area contributed by atoms with E-state index in [0.29, 0.717) is 5.75 Å². The molecule has 0 saturated heterocycles. The Bertz CT molecular complexity index is 794. The summed E-state index contributed by atoms with van der Waals surface area (Å²) in [6.07, 6.45) is 14.1. The third kappa shape index (κ3) is 10.1. The molecule has 2 rings (SSSR count). The van der Waals surface area contributed by atoms with Crippen molar-refractivity contribution in [2.75, 3.05) is 11.9 Å². The van der Waals surface area contributed by atoms with Crippen LogP contribution in [0.4, 0.5) is 5.69 Å². The molecule has 5 heteroatoms. The number of benzene rings is 2. The molecule has 0 bridgehead atoms. The average molecular weight is 446 g/mol. The molecule has 1 amide bonds. The lowest BCUT2D eigenvalue weighted by molar-refractivity contribution is -0.118. The van der Waals surface area contributed by atoms with Gasteiger partial charge in [0.15, 0.2) is 6.61 Å². The molecule has 0 atom stereocenters. The first-order chi connectivity index (χ1) is 15.1. The van der Waals surface area contributed by atoms with Gasteiger partial charge < -0.3 is 15.2 Å². The fraction of sp³-hybridized carbons (Fsp3) is 0.500. The number of para-hydroxylation sites is 1. The fourth-order valence-electron chi connectivity index (χ4n) is 3.58. The van der Waals surface area contributed by atoms with Crippen molar-refractivity contribution in [1.82, 2.24) is 0 Å². The van der Waals surface area contributed by atoms with Gasteiger partial charge in [-0.3, -0.25) is 4.79 Å². The summed E-state index contributed by atoms with van der Waals surface area (Å²) < 4.78 is 5.47. The van der Waals surface area contributed by atoms with Gasteiger partial charge in [0.2, 0.25) is 0 Å². The summed E-state index contributed by atoms with van der Waals surface area (Å²) in [4.78, 5) is 12.3. The third-order valence-corrected chi connectivity index (χ3v) is 5.68. The van der Waals surface area contributed by atoms with Gasteiger partial charge in [0, 0.05) is 11.8 Å². The Labute approximate surface area is 192 Å². The zero-order valence-corrected chi connectivity index (χ0v) is 19.4. The molecular formula is C26H36ClNO3. The minimum Gasteiger partial charge on any atom is -0.506 e. The number of phenolic OH excluding ortho intramolecular Hbond substituents is 1. The van der Waals surface area contributed by atoms with Crippen LogP contribution < -0.4 is 10.1 Å². The number of hydrogen-bond acceptors (Lipinski definition) is 3. The number of amides is 1. The van der Waals surface area contributed by atoms with Gasteiger partial charge >= 0.3 is 0 Å². The lowest BCUT2D eigenvalue weighted by Gasteiger charge is -2.12. The van der Waals surface area contributed by atoms with Crippen LogP contribution in [0.2, 0.25) is 5.02 Å². The van der Waals surface area contributed by atoms with Crippen LogP contribution in [0.3, 0.4) is 0 Å². The second kappa shape index (κ2) is 14.7. The first-order valence-corrected chi connectivity index (χ1v) is 12.0. The molecule has 0 heterocycles. The number of aryl methyl sites for hydroxylation is 1. The number of rotatable bonds is 15. The van der Waals surface area contributed by atoms with Gasteiger partial charge in [-0.2, -0.15) is 0 Å². The number of nitrogens with one attached hydrogen (secondary N) is 1. The molecule has 0 aliphatic rings. The number of phenols is 1. The normalized spacial score (nSPS) is 10.8. The highest BCUT2D eigenvalue weighted by atomic mass is 35.5. The Morgan fingerprint density at radius 2 is 1.58 bits per heavy atom. The minimum absolute atomic E-state index is 0.0145. The number of carbonyl (C=O) groups is 1. The summed E-state index contributed by atoms with van der Waals surface area (Å²) >= 11 is 5.86. The Morgan fingerprint density at radius 3 is 2.26 bits per heavy atom. The molecule has 0 aliphatic carbocycles. The molecule has 4 nitrogen and oxygen atoms in total. The summed E-state index contributed by atoms with van der Waals surface area (Å²) in [5.74, 6) is 0.204. The molecule has 31 heavy (non-hydrogen) atoms. The van der Waals surface area contributed by atoms with Crippen LogP contribution in [-0.2, 0) is 11.2 Å². The molecule has 170 valence electrons. The van der Waals surface area contributed by atoms with Crippen molar-refractivity contribution >= 4 is 23.2 Å². The van der Waals surface area contributed by atoms with E-state index in [4.69, 9.17) is 16.3 Å². The van der Waals surface area contributed by atoms with Crippen LogP contribution in [-0.4, -0.2) is 17.6 Å². The monoisotopic (exact) mass is 445 g/mol. The zero-order valence-electron chi connectivity index (χ0n) is 18.7. The third-order valence-electron chi connectivity index (χ3n) is 5.38. The number of unbranched alkanes of at least 4 members (excludes halogenated alkanes) is 9. The van der Waals surface area contributed by atoms with Crippen LogP contribution in [0.15, 0.2) is 42.5 Å². The van der Waals surface area contributed by atoms with E-state index in [1.807, 2.05) is 18.2 Å². The van der Waals surface area contributed by atoms with Gasteiger partial charge in [0.1, 0.15) is 11.5 Å². The topological polar surface area (TPSA) is 58.6 Å². The minimum atomic E-state index is -0.222. The van der Waals surface area contributed by atoms with Gasteiger partial charge in [-0.05, 0) is 36.6 Å². The Hall–Kier alpha value is -2.20. The van der Waals surface area contributed by atoms with Gasteiger partial charge in [0.25, 0.3) is 5.91 Å². The zero-order chi connectivity index (χ0) is 22.3. The summed E-state index contributed by atoms with van der Waals surface area (Å²) in [6, 6.07) is 12.5. The summed E-state index contributed by atoms with van der Waals surface area (Å²) in [5, 5.41) is 12.6. The maximum absolute atomic E-state index is 12.3. The molecular weight excluding hydrogens is 410 g/mol. The van der Waals surface area contributed by atoms with Crippen LogP contribution in [0.25, 0.3) is 0 Å². The number of anilines is 1. The second-order valence-electron chi connectivity index (χ2n) is 8.04. The molecule has 0 aliphatic heterocycles. The standard InChI is InChI=1S/C26H36ClNO3/c1-2-3-4-5-6-7-8-9-10-11-14-21-15-12-13-16-24(21)28-26(30)20-31-22-17-18-25(29)23(27)19-22/h12-13,15-19,29H,2-11,14,20H2,1H3,(H,28,30). The Kier molecular flexibility index (Phi) is 11.9. The lowest BCUT2D eigenvalue weighted by Crippen LogP contribution is -2.20. The molecule has 0 radical (unpaired) electrons. The maximum atomic E-state index is 12.3. The van der Waals surface area contributed by atoms with Crippen LogP contribution >= 0.6 is 11.6 Å². The summed E-state index contributed by atoms with van der Waals surface area (Å²) in [6.45, 7) is 2.14. The van der Waals surface area contributed by atoms with Crippen LogP contribution in [0.1, 0.15) is 76.7 Å². The van der Waals surface area contributed by atoms with E-state index in [2.05, 4.69) is 18.3 Å². The lowest BCUT2D eigenvalue weighted by atomic mass is 10.0. The van der Waals surface area contributed by atoms with Crippen molar-refractivity contribution in [2.24, 2.45) is 0 Å². The van der Waals surface area contributed by atoms with Gasteiger partial charge in [-0.25, -0.2) is 0 Å². The van der Waals surface area contributed by atoms with E-state index in [-0.39, 0.29) is 23.3 Å². The Morgan fingerprint density at radius 1 is 0.935 bits per heavy atom. The first-order valence-electron chi connectivity index (χ1n) is 11.6. The largest absolute Gasteiger partial charge is 0.506 e. The van der Waals surface area contributed by atoms with Crippen LogP contribution in [0.5, 0.6) is 11.5 Å². The number of aromatic hydroxyl groups is 1. The quantitative estimate of drug-likeness (QED) is 0.278. The van der Waals surface area contributed by atoms with E-state index >= 15 is 0 Å². The molecule has 0 fully saturated rings. The van der Waals surface area contributed by atoms with Gasteiger partial charge in [-0.15, -0.1) is 0 Å². The van der Waals surface area contributed by atoms with Crippen molar-refractivity contribution in [3.05, 3.63) is 53.1 Å². The van der Waals surface area contributed by atoms with E-state index in [1.54, 1.807) is 6.07 Å². The average Bonchev–Trinajstić information content (AvgIpc) is 2.77. The number of hydrogen-bond donors (Lipinski definition) is 2. The van der Waals surface area contributed by atoms with E-state index < -0.39 is 0 Å². The highest BCUT2D eigenvalue weighted by molar-refractivity contribution is 6.32. The van der Waals surface area contributed by atoms with Crippen molar-refractivity contribution in [3.63, 3.8) is 0 Å². The van der Waals surface area contributed by atoms with E-state index in [1.165, 1.54) is 69.9 Å². The van der Waals surface area contributed by atoms with E-state index in [9.17, 15) is 9.90 Å². The van der Waals surface area contributed by atoms with Crippen LogP contribution in [0, 0.1) is 0 Å². The molecule has 0 saturated carbocycles. The Balaban J connectivity index is 1.67. The number of halogens is 1.